The molecule has 2 N–H and O–H groups in total. The number of pyridine rings is 1. The topological polar surface area (TPSA) is 86.8 Å². The first-order valence-electron chi connectivity index (χ1n) is 10.6. The molecule has 0 aliphatic carbocycles. The molecule has 2 saturated heterocycles. The van der Waals surface area contributed by atoms with E-state index >= 15 is 0 Å². The van der Waals surface area contributed by atoms with Crippen molar-refractivity contribution in [2.75, 3.05) is 31.1 Å². The van der Waals surface area contributed by atoms with Crippen molar-refractivity contribution in [3.8, 4) is 0 Å². The second-order valence-corrected chi connectivity index (χ2v) is 9.53. The first kappa shape index (κ1) is 18.9. The standard InChI is InChI=1S/C21H27N5O2S/c27-20-17-13-23-19-16(1-7-22-19)18(17)26(21(28)24-20)15-3-9-25(10-4-15)8-2-14-5-11-29-12-6-14/h1,7,13-15H,2-6,8-12H2,(H,22,23)(H,24,27,28). The van der Waals surface area contributed by atoms with E-state index in [1.54, 1.807) is 12.4 Å². The fourth-order valence-corrected chi connectivity index (χ4v) is 6.10. The Balaban J connectivity index is 1.37. The number of nitrogens with one attached hydrogen (secondary N) is 2. The van der Waals surface area contributed by atoms with Gasteiger partial charge in [-0.2, -0.15) is 11.8 Å². The molecule has 0 aromatic carbocycles. The van der Waals surface area contributed by atoms with Crippen LogP contribution in [0.25, 0.3) is 21.9 Å². The third kappa shape index (κ3) is 3.64. The minimum absolute atomic E-state index is 0.102. The predicted molar refractivity (Wildman–Crippen MR) is 118 cm³/mol. The molecule has 0 unspecified atom stereocenters. The number of aromatic nitrogens is 4. The van der Waals surface area contributed by atoms with Crippen LogP contribution in [0, 0.1) is 5.92 Å². The van der Waals surface area contributed by atoms with Gasteiger partial charge in [-0.25, -0.2) is 9.78 Å². The van der Waals surface area contributed by atoms with E-state index in [4.69, 9.17) is 0 Å². The van der Waals surface area contributed by atoms with Crippen LogP contribution in [0.15, 0.2) is 28.0 Å². The molecule has 8 heteroatoms. The van der Waals surface area contributed by atoms with E-state index in [0.29, 0.717) is 16.6 Å². The molecule has 0 bridgehead atoms. The number of rotatable bonds is 4. The molecule has 2 aliphatic heterocycles. The minimum atomic E-state index is -0.361. The van der Waals surface area contributed by atoms with Crippen molar-refractivity contribution in [2.45, 2.75) is 38.1 Å². The largest absolute Gasteiger partial charge is 0.346 e. The van der Waals surface area contributed by atoms with Crippen LogP contribution in [0.3, 0.4) is 0 Å². The Kier molecular flexibility index (Phi) is 5.22. The van der Waals surface area contributed by atoms with Crippen LogP contribution in [0.4, 0.5) is 0 Å². The van der Waals surface area contributed by atoms with Gasteiger partial charge in [0.2, 0.25) is 0 Å². The lowest BCUT2D eigenvalue weighted by atomic mass is 9.97. The first-order valence-corrected chi connectivity index (χ1v) is 11.8. The van der Waals surface area contributed by atoms with Crippen LogP contribution in [0.5, 0.6) is 0 Å². The Hall–Kier alpha value is -2.06. The van der Waals surface area contributed by atoms with Gasteiger partial charge in [0.25, 0.3) is 5.56 Å². The Bertz CT molecular complexity index is 1120. The van der Waals surface area contributed by atoms with Crippen molar-refractivity contribution in [3.05, 3.63) is 39.3 Å². The van der Waals surface area contributed by atoms with Gasteiger partial charge in [0.1, 0.15) is 5.65 Å². The average Bonchev–Trinajstić information content (AvgIpc) is 3.23. The molecule has 2 aliphatic rings. The van der Waals surface area contributed by atoms with E-state index < -0.39 is 0 Å². The molecule has 5 rings (SSSR count). The fourth-order valence-electron chi connectivity index (χ4n) is 4.90. The monoisotopic (exact) mass is 413 g/mol. The number of nitrogens with zero attached hydrogens (tertiary/aromatic N) is 3. The zero-order chi connectivity index (χ0) is 19.8. The summed E-state index contributed by atoms with van der Waals surface area (Å²) in [5.74, 6) is 3.52. The van der Waals surface area contributed by atoms with E-state index in [1.807, 2.05) is 10.6 Å². The van der Waals surface area contributed by atoms with E-state index in [2.05, 4.69) is 31.6 Å². The summed E-state index contributed by atoms with van der Waals surface area (Å²) >= 11 is 2.08. The van der Waals surface area contributed by atoms with Crippen molar-refractivity contribution < 1.29 is 0 Å². The number of H-pyrrole nitrogens is 2. The van der Waals surface area contributed by atoms with Crippen molar-refractivity contribution in [1.29, 1.82) is 0 Å². The van der Waals surface area contributed by atoms with Crippen LogP contribution in [-0.4, -0.2) is 55.6 Å². The van der Waals surface area contributed by atoms with Crippen LogP contribution in [0.1, 0.15) is 38.1 Å². The second-order valence-electron chi connectivity index (χ2n) is 8.31. The molecule has 0 spiro atoms. The van der Waals surface area contributed by atoms with E-state index in [1.165, 1.54) is 30.8 Å². The van der Waals surface area contributed by atoms with Crippen molar-refractivity contribution >= 4 is 33.7 Å². The van der Waals surface area contributed by atoms with E-state index in [9.17, 15) is 9.59 Å². The van der Waals surface area contributed by atoms with Gasteiger partial charge in [-0.1, -0.05) is 0 Å². The summed E-state index contributed by atoms with van der Waals surface area (Å²) in [5.41, 5.74) is 0.747. The smallest absolute Gasteiger partial charge is 0.329 e. The molecular formula is C21H27N5O2S. The summed E-state index contributed by atoms with van der Waals surface area (Å²) < 4.78 is 1.81. The predicted octanol–water partition coefficient (Wildman–Crippen LogP) is 2.74. The Labute approximate surface area is 172 Å². The number of piperidine rings is 1. The third-order valence-corrected chi connectivity index (χ3v) is 7.65. The van der Waals surface area contributed by atoms with Gasteiger partial charge in [0, 0.05) is 36.9 Å². The SMILES string of the molecule is O=c1[nH]c(=O)n(C2CCN(CCC3CCSCC3)CC2)c2c1cnc1[nH]ccc12. The Morgan fingerprint density at radius 3 is 2.69 bits per heavy atom. The van der Waals surface area contributed by atoms with Gasteiger partial charge in [-0.15, -0.1) is 0 Å². The molecule has 3 aromatic rings. The highest BCUT2D eigenvalue weighted by atomic mass is 32.2. The molecule has 2 fully saturated rings. The zero-order valence-corrected chi connectivity index (χ0v) is 17.3. The maximum Gasteiger partial charge on any atom is 0.329 e. The highest BCUT2D eigenvalue weighted by molar-refractivity contribution is 7.99. The Morgan fingerprint density at radius 2 is 1.90 bits per heavy atom. The maximum absolute atomic E-state index is 12.8. The van der Waals surface area contributed by atoms with E-state index in [0.717, 1.165) is 43.8 Å². The normalized spacial score (nSPS) is 20.0. The number of hydrogen-bond acceptors (Lipinski definition) is 5. The Morgan fingerprint density at radius 1 is 1.10 bits per heavy atom. The van der Waals surface area contributed by atoms with Gasteiger partial charge >= 0.3 is 5.69 Å². The lowest BCUT2D eigenvalue weighted by molar-refractivity contribution is 0.174. The summed E-state index contributed by atoms with van der Waals surface area (Å²) in [5, 5.41) is 1.32. The highest BCUT2D eigenvalue weighted by Crippen LogP contribution is 2.29. The van der Waals surface area contributed by atoms with Gasteiger partial charge in [-0.05, 0) is 62.1 Å². The zero-order valence-electron chi connectivity index (χ0n) is 16.5. The maximum atomic E-state index is 12.8. The van der Waals surface area contributed by atoms with Crippen molar-refractivity contribution in [1.82, 2.24) is 24.4 Å². The van der Waals surface area contributed by atoms with Crippen LogP contribution < -0.4 is 11.2 Å². The summed E-state index contributed by atoms with van der Waals surface area (Å²) in [6.45, 7) is 3.16. The highest BCUT2D eigenvalue weighted by Gasteiger charge is 2.25. The number of aromatic amines is 2. The van der Waals surface area contributed by atoms with Crippen LogP contribution in [-0.2, 0) is 0 Å². The molecule has 0 atom stereocenters. The molecule has 0 radical (unpaired) electrons. The number of thioether (sulfide) groups is 1. The van der Waals surface area contributed by atoms with E-state index in [-0.39, 0.29) is 17.3 Å². The summed E-state index contributed by atoms with van der Waals surface area (Å²) in [6, 6.07) is 2.00. The fraction of sp³-hybridized carbons (Fsp3) is 0.571. The first-order chi connectivity index (χ1) is 14.2. The lowest BCUT2D eigenvalue weighted by Gasteiger charge is -2.34. The number of hydrogen-bond donors (Lipinski definition) is 2. The van der Waals surface area contributed by atoms with Crippen molar-refractivity contribution in [2.24, 2.45) is 5.92 Å². The number of likely N-dealkylation sites (tertiary alicyclic amines) is 1. The quantitative estimate of drug-likeness (QED) is 0.687. The summed E-state index contributed by atoms with van der Waals surface area (Å²) in [7, 11) is 0. The van der Waals surface area contributed by atoms with Gasteiger partial charge in [-0.3, -0.25) is 14.3 Å². The average molecular weight is 414 g/mol. The molecule has 0 saturated carbocycles. The summed E-state index contributed by atoms with van der Waals surface area (Å²) in [4.78, 5) is 37.6. The van der Waals surface area contributed by atoms with Gasteiger partial charge in [0.05, 0.1) is 10.9 Å². The minimum Gasteiger partial charge on any atom is -0.346 e. The van der Waals surface area contributed by atoms with Gasteiger partial charge in [0.15, 0.2) is 0 Å². The molecule has 154 valence electrons. The number of fused-ring (bicyclic) bond motifs is 3. The molecular weight excluding hydrogens is 386 g/mol. The molecule has 0 amide bonds. The molecule has 29 heavy (non-hydrogen) atoms. The third-order valence-electron chi connectivity index (χ3n) is 6.60. The summed E-state index contributed by atoms with van der Waals surface area (Å²) in [6.07, 6.45) is 9.25. The molecule has 5 heterocycles. The van der Waals surface area contributed by atoms with Crippen LogP contribution >= 0.6 is 11.8 Å². The van der Waals surface area contributed by atoms with Crippen LogP contribution in [0.2, 0.25) is 0 Å². The lowest BCUT2D eigenvalue weighted by Crippen LogP contribution is -2.40. The molecule has 3 aromatic heterocycles. The van der Waals surface area contributed by atoms with Crippen molar-refractivity contribution in [3.63, 3.8) is 0 Å². The van der Waals surface area contributed by atoms with Gasteiger partial charge < -0.3 is 9.88 Å². The second kappa shape index (κ2) is 7.99. The molecule has 7 nitrogen and oxygen atoms in total.